The van der Waals surface area contributed by atoms with Crippen LogP contribution in [-0.2, 0) is 0 Å². The maximum atomic E-state index is 2.19. The van der Waals surface area contributed by atoms with E-state index in [4.69, 9.17) is 0 Å². The normalized spacial score (nSPS) is 17.9. The van der Waals surface area contributed by atoms with E-state index in [1.165, 1.54) is 40.7 Å². The molecule has 0 N–H and O–H groups in total. The predicted molar refractivity (Wildman–Crippen MR) is 29.1 cm³/mol. The van der Waals surface area contributed by atoms with Gasteiger partial charge in [-0.2, -0.15) is 0 Å². The van der Waals surface area contributed by atoms with E-state index >= 15 is 0 Å². The van der Waals surface area contributed by atoms with Crippen LogP contribution in [0.3, 0.4) is 0 Å². The van der Waals surface area contributed by atoms with E-state index in [9.17, 15) is 0 Å². The zero-order valence-electron chi connectivity index (χ0n) is 3.72. The molecular weight excluding hydrogens is 232 g/mol. The molecule has 0 saturated heterocycles. The molecule has 0 saturated carbocycles. The first-order valence-electron chi connectivity index (χ1n) is 1.97. The van der Waals surface area contributed by atoms with Crippen LogP contribution in [-0.4, -0.2) is 0 Å². The number of allylic oxidation sites excluding steroid dienone is 2. The molecule has 0 aliphatic carbocycles. The molecular formula is C5H4CeS-. The molecule has 1 rings (SSSR count). The van der Waals surface area contributed by atoms with Gasteiger partial charge in [0.1, 0.15) is 0 Å². The van der Waals surface area contributed by atoms with Crippen molar-refractivity contribution in [2.24, 2.45) is 0 Å². The van der Waals surface area contributed by atoms with E-state index in [2.05, 4.69) is 23.3 Å². The molecule has 0 atom stereocenters. The summed E-state index contributed by atoms with van der Waals surface area (Å²) in [6.45, 7) is 0. The Kier molecular flexibility index (Phi) is 2.81. The van der Waals surface area contributed by atoms with Crippen molar-refractivity contribution in [3.8, 4) is 0 Å². The summed E-state index contributed by atoms with van der Waals surface area (Å²) >= 11 is 2.95. The zero-order valence-corrected chi connectivity index (χ0v) is 7.67. The summed E-state index contributed by atoms with van der Waals surface area (Å²) in [4.78, 5) is 0. The second-order valence-corrected chi connectivity index (χ2v) is 3.80. The fraction of sp³-hybridized carbons (Fsp3) is 0. The van der Waals surface area contributed by atoms with E-state index < -0.39 is 0 Å². The molecule has 0 unspecified atom stereocenters. The van der Waals surface area contributed by atoms with Gasteiger partial charge in [0.2, 0.25) is 0 Å². The van der Waals surface area contributed by atoms with Gasteiger partial charge in [-0.3, -0.25) is 0 Å². The van der Waals surface area contributed by atoms with Crippen molar-refractivity contribution in [1.29, 1.82) is 0 Å². The molecule has 0 aromatic rings. The third-order valence-electron chi connectivity index (χ3n) is 0.628. The van der Waals surface area contributed by atoms with Crippen molar-refractivity contribution in [3.63, 3.8) is 0 Å². The van der Waals surface area contributed by atoms with Crippen LogP contribution in [0.15, 0.2) is 18.7 Å². The van der Waals surface area contributed by atoms with Crippen LogP contribution in [0, 0.1) is 45.4 Å². The Labute approximate surface area is 74.7 Å². The molecule has 35 valence electrons. The van der Waals surface area contributed by atoms with Crippen LogP contribution in [0.5, 0.6) is 0 Å². The van der Waals surface area contributed by atoms with E-state index in [1.54, 1.807) is 11.8 Å². The SMILES string of the molecule is [Ce][C]1=CC=CS[CH-]1. The van der Waals surface area contributed by atoms with E-state index in [0.29, 0.717) is 0 Å². The second-order valence-electron chi connectivity index (χ2n) is 1.20. The molecule has 0 fully saturated rings. The number of rotatable bonds is 0. The standard InChI is InChI=1S/C5H4S.Ce/c1-2-4-6-5-3-1;/h1-2,4-5H;/q-1;. The van der Waals surface area contributed by atoms with Crippen molar-refractivity contribution in [3.05, 3.63) is 24.4 Å². The molecule has 0 spiro atoms. The van der Waals surface area contributed by atoms with Gasteiger partial charge in [-0.15, -0.1) is 0 Å². The van der Waals surface area contributed by atoms with Crippen LogP contribution < -0.4 is 0 Å². The molecule has 0 bridgehead atoms. The van der Waals surface area contributed by atoms with Gasteiger partial charge in [0, 0.05) is 0 Å². The van der Waals surface area contributed by atoms with E-state index in [0.717, 1.165) is 0 Å². The Balaban J connectivity index is 2.57. The number of hydrogen-bond donors (Lipinski definition) is 0. The fourth-order valence-corrected chi connectivity index (χ4v) is 1.76. The Bertz CT molecular complexity index is 115. The van der Waals surface area contributed by atoms with Crippen molar-refractivity contribution in [2.45, 2.75) is 0 Å². The van der Waals surface area contributed by atoms with Gasteiger partial charge in [-0.25, -0.2) is 0 Å². The average molecular weight is 236 g/mol. The Morgan fingerprint density at radius 1 is 1.71 bits per heavy atom. The molecule has 1 heterocycles. The number of hydrogen-bond acceptors (Lipinski definition) is 1. The van der Waals surface area contributed by atoms with Crippen LogP contribution >= 0.6 is 11.8 Å². The zero-order chi connectivity index (χ0) is 5.11. The molecule has 0 nitrogen and oxygen atoms in total. The third kappa shape index (κ3) is 2.21. The Hall–Kier alpha value is 1.08. The summed E-state index contributed by atoms with van der Waals surface area (Å²) in [5.41, 5.74) is 0. The second kappa shape index (κ2) is 3.17. The summed E-state index contributed by atoms with van der Waals surface area (Å²) in [6, 6.07) is 0. The summed E-state index contributed by atoms with van der Waals surface area (Å²) in [5.74, 6) is 2.19. The molecule has 2 heteroatoms. The Morgan fingerprint density at radius 3 is 2.86 bits per heavy atom. The van der Waals surface area contributed by atoms with Gasteiger partial charge in [0.25, 0.3) is 0 Å². The summed E-state index contributed by atoms with van der Waals surface area (Å²) < 4.78 is 1.48. The van der Waals surface area contributed by atoms with Crippen LogP contribution in [0.2, 0.25) is 0 Å². The first kappa shape index (κ1) is 6.20. The van der Waals surface area contributed by atoms with Gasteiger partial charge in [-0.05, 0) is 0 Å². The molecule has 1 aliphatic heterocycles. The van der Waals surface area contributed by atoms with Crippen LogP contribution in [0.4, 0.5) is 0 Å². The predicted octanol–water partition coefficient (Wildman–Crippen LogP) is 1.84. The fourth-order valence-electron chi connectivity index (χ4n) is 0.340. The van der Waals surface area contributed by atoms with E-state index in [-0.39, 0.29) is 0 Å². The van der Waals surface area contributed by atoms with Gasteiger partial charge < -0.3 is 0 Å². The minimum atomic E-state index is 1.18. The molecule has 1 aliphatic rings. The third-order valence-corrected chi connectivity index (χ3v) is 2.97. The first-order chi connectivity index (χ1) is 3.39. The molecule has 0 radical (unpaired) electrons. The molecule has 0 amide bonds. The average Bonchev–Trinajstić information content (AvgIpc) is 1.69. The van der Waals surface area contributed by atoms with Crippen molar-refractivity contribution < 1.29 is 39.6 Å². The summed E-state index contributed by atoms with van der Waals surface area (Å²) in [5, 5.41) is 2.08. The molecule has 7 heavy (non-hydrogen) atoms. The topological polar surface area (TPSA) is 0 Å². The monoisotopic (exact) mass is 236 g/mol. The first-order valence-corrected chi connectivity index (χ1v) is 4.48. The van der Waals surface area contributed by atoms with Gasteiger partial charge >= 0.3 is 75.8 Å². The van der Waals surface area contributed by atoms with Gasteiger partial charge in [-0.1, -0.05) is 0 Å². The minimum absolute atomic E-state index is 1.18. The Morgan fingerprint density at radius 2 is 2.57 bits per heavy atom. The quantitative estimate of drug-likeness (QED) is 0.578. The summed E-state index contributed by atoms with van der Waals surface area (Å²) in [6.07, 6.45) is 4.25. The van der Waals surface area contributed by atoms with Crippen molar-refractivity contribution in [2.75, 3.05) is 0 Å². The van der Waals surface area contributed by atoms with Crippen LogP contribution in [0.25, 0.3) is 0 Å². The maximum absolute atomic E-state index is 2.19. The van der Waals surface area contributed by atoms with Gasteiger partial charge in [0.05, 0.1) is 0 Å². The molecule has 0 aromatic heterocycles. The summed E-state index contributed by atoms with van der Waals surface area (Å²) in [7, 11) is 0. The van der Waals surface area contributed by atoms with Crippen molar-refractivity contribution in [1.82, 2.24) is 0 Å². The van der Waals surface area contributed by atoms with Crippen LogP contribution in [0.1, 0.15) is 0 Å². The van der Waals surface area contributed by atoms with E-state index in [1.807, 2.05) is 0 Å². The van der Waals surface area contributed by atoms with Crippen molar-refractivity contribution >= 4 is 11.8 Å². The van der Waals surface area contributed by atoms with Gasteiger partial charge in [0.15, 0.2) is 0 Å². The number of thioether (sulfide) groups is 1. The molecule has 0 aromatic carbocycles.